The van der Waals surface area contributed by atoms with Crippen molar-refractivity contribution in [2.24, 2.45) is 14.1 Å². The van der Waals surface area contributed by atoms with Gasteiger partial charge in [-0.15, -0.1) is 0 Å². The Bertz CT molecular complexity index is 1700. The Balaban J connectivity index is 1.60. The first kappa shape index (κ1) is 27.9. The molecule has 0 spiro atoms. The molecular formula is C27H26N6O7. The highest BCUT2D eigenvalue weighted by Crippen LogP contribution is 2.16. The summed E-state index contributed by atoms with van der Waals surface area (Å²) in [6.07, 6.45) is 1.10. The van der Waals surface area contributed by atoms with E-state index >= 15 is 0 Å². The minimum Gasteiger partial charge on any atom is -0.465 e. The molecule has 0 aliphatic rings. The molecule has 0 saturated carbocycles. The predicted octanol–water partition coefficient (Wildman–Crippen LogP) is 0.768. The van der Waals surface area contributed by atoms with Crippen LogP contribution in [0.4, 0.5) is 5.69 Å². The number of nitrogens with one attached hydrogen (secondary N) is 2. The van der Waals surface area contributed by atoms with Gasteiger partial charge in [-0.25, -0.2) is 19.6 Å². The van der Waals surface area contributed by atoms with Gasteiger partial charge in [0.2, 0.25) is 5.91 Å². The average molecular weight is 547 g/mol. The van der Waals surface area contributed by atoms with Gasteiger partial charge in [0.15, 0.2) is 11.2 Å². The normalized spacial score (nSPS) is 11.6. The molecule has 1 atom stereocenters. The number of esters is 1. The highest BCUT2D eigenvalue weighted by molar-refractivity contribution is 6.04. The van der Waals surface area contributed by atoms with Crippen LogP contribution in [-0.4, -0.2) is 56.6 Å². The molecule has 0 unspecified atom stereocenters. The van der Waals surface area contributed by atoms with Gasteiger partial charge in [0.1, 0.15) is 11.7 Å². The molecule has 0 bridgehead atoms. The molecule has 0 aliphatic heterocycles. The molecule has 0 aliphatic carbocycles. The molecule has 13 heteroatoms. The Labute approximate surface area is 227 Å². The zero-order chi connectivity index (χ0) is 28.8. The van der Waals surface area contributed by atoms with Gasteiger partial charge in [0.05, 0.1) is 37.8 Å². The number of carbonyl (C=O) groups excluding carboxylic acids is 3. The molecule has 0 radical (unpaired) electrons. The molecule has 40 heavy (non-hydrogen) atoms. The molecule has 0 saturated heterocycles. The van der Waals surface area contributed by atoms with E-state index in [1.54, 1.807) is 12.1 Å². The van der Waals surface area contributed by atoms with Crippen molar-refractivity contribution in [3.63, 3.8) is 0 Å². The number of benzene rings is 2. The van der Waals surface area contributed by atoms with Crippen molar-refractivity contribution in [3.05, 3.63) is 98.5 Å². The number of fused-ring (bicyclic) bond motifs is 1. The van der Waals surface area contributed by atoms with Gasteiger partial charge in [-0.2, -0.15) is 0 Å². The molecule has 2 heterocycles. The number of anilines is 1. The van der Waals surface area contributed by atoms with E-state index in [1.165, 1.54) is 33.3 Å². The van der Waals surface area contributed by atoms with Crippen molar-refractivity contribution in [2.75, 3.05) is 19.0 Å². The van der Waals surface area contributed by atoms with E-state index in [4.69, 9.17) is 9.47 Å². The molecule has 13 nitrogen and oxygen atoms in total. The first-order valence-electron chi connectivity index (χ1n) is 12.0. The summed E-state index contributed by atoms with van der Waals surface area (Å²) >= 11 is 0. The van der Waals surface area contributed by atoms with E-state index in [-0.39, 0.29) is 41.3 Å². The fourth-order valence-electron chi connectivity index (χ4n) is 3.83. The van der Waals surface area contributed by atoms with Crippen LogP contribution in [0, 0.1) is 0 Å². The third kappa shape index (κ3) is 5.94. The van der Waals surface area contributed by atoms with Gasteiger partial charge in [-0.1, -0.05) is 42.5 Å². The van der Waals surface area contributed by atoms with Crippen molar-refractivity contribution < 1.29 is 23.9 Å². The van der Waals surface area contributed by atoms with Crippen LogP contribution in [0.1, 0.15) is 26.4 Å². The van der Waals surface area contributed by atoms with Crippen molar-refractivity contribution in [1.29, 1.82) is 0 Å². The topological polar surface area (TPSA) is 164 Å². The summed E-state index contributed by atoms with van der Waals surface area (Å²) in [5, 5.41) is 5.18. The zero-order valence-corrected chi connectivity index (χ0v) is 21.9. The highest BCUT2D eigenvalue weighted by Gasteiger charge is 2.25. The summed E-state index contributed by atoms with van der Waals surface area (Å²) in [5.74, 6) is -2.14. The quantitative estimate of drug-likeness (QED) is 0.289. The summed E-state index contributed by atoms with van der Waals surface area (Å²) in [4.78, 5) is 71.5. The summed E-state index contributed by atoms with van der Waals surface area (Å²) in [7, 11) is 3.93. The largest absolute Gasteiger partial charge is 0.465 e. The maximum Gasteiger partial charge on any atom is 0.339 e. The van der Waals surface area contributed by atoms with E-state index in [2.05, 4.69) is 20.6 Å². The molecule has 2 amide bonds. The molecule has 2 N–H and O–H groups in total. The molecule has 2 aromatic heterocycles. The van der Waals surface area contributed by atoms with Gasteiger partial charge >= 0.3 is 11.7 Å². The van der Waals surface area contributed by atoms with Gasteiger partial charge in [0, 0.05) is 14.1 Å². The van der Waals surface area contributed by atoms with Crippen molar-refractivity contribution in [3.8, 4) is 0 Å². The maximum absolute atomic E-state index is 13.3. The number of para-hydroxylation sites is 1. The van der Waals surface area contributed by atoms with Crippen LogP contribution in [0.2, 0.25) is 0 Å². The van der Waals surface area contributed by atoms with Crippen LogP contribution in [0.25, 0.3) is 11.2 Å². The Morgan fingerprint density at radius 1 is 0.975 bits per heavy atom. The third-order valence-corrected chi connectivity index (χ3v) is 5.99. The first-order valence-corrected chi connectivity index (χ1v) is 12.0. The Hall–Kier alpha value is -5.17. The average Bonchev–Trinajstić information content (AvgIpc) is 2.98. The van der Waals surface area contributed by atoms with Crippen LogP contribution in [0.5, 0.6) is 0 Å². The van der Waals surface area contributed by atoms with Crippen molar-refractivity contribution in [2.45, 2.75) is 12.6 Å². The van der Waals surface area contributed by atoms with E-state index in [9.17, 15) is 24.0 Å². The number of amides is 2. The van der Waals surface area contributed by atoms with Crippen molar-refractivity contribution >= 4 is 34.6 Å². The third-order valence-electron chi connectivity index (χ3n) is 5.99. The number of methoxy groups -OCH3 is 1. The molecular weight excluding hydrogens is 520 g/mol. The lowest BCUT2D eigenvalue weighted by molar-refractivity contribution is -0.119. The summed E-state index contributed by atoms with van der Waals surface area (Å²) < 4.78 is 12.5. The van der Waals surface area contributed by atoms with Crippen LogP contribution in [-0.2, 0) is 35.0 Å². The maximum atomic E-state index is 13.3. The zero-order valence-electron chi connectivity index (χ0n) is 21.9. The van der Waals surface area contributed by atoms with E-state index in [0.29, 0.717) is 0 Å². The van der Waals surface area contributed by atoms with Gasteiger partial charge < -0.3 is 20.1 Å². The minimum absolute atomic E-state index is 0.00422. The van der Waals surface area contributed by atoms with Crippen molar-refractivity contribution in [1.82, 2.24) is 24.4 Å². The van der Waals surface area contributed by atoms with E-state index in [0.717, 1.165) is 20.9 Å². The highest BCUT2D eigenvalue weighted by atomic mass is 16.5. The van der Waals surface area contributed by atoms with Gasteiger partial charge in [-0.3, -0.25) is 23.5 Å². The number of ether oxygens (including phenoxy) is 2. The Morgan fingerprint density at radius 3 is 2.40 bits per heavy atom. The molecule has 4 rings (SSSR count). The number of rotatable bonds is 9. The van der Waals surface area contributed by atoms with E-state index in [1.807, 2.05) is 30.3 Å². The number of hydrogen-bond acceptors (Lipinski definition) is 9. The van der Waals surface area contributed by atoms with Crippen LogP contribution >= 0.6 is 0 Å². The number of nitrogens with zero attached hydrogens (tertiary/aromatic N) is 4. The second-order valence-electron chi connectivity index (χ2n) is 8.69. The predicted molar refractivity (Wildman–Crippen MR) is 144 cm³/mol. The van der Waals surface area contributed by atoms with Crippen LogP contribution in [0.15, 0.2) is 70.4 Å². The summed E-state index contributed by atoms with van der Waals surface area (Å²) in [5.41, 5.74) is -0.601. The second kappa shape index (κ2) is 12.1. The number of carbonyl (C=O) groups is 3. The monoisotopic (exact) mass is 546 g/mol. The molecule has 4 aromatic rings. The lowest BCUT2D eigenvalue weighted by Crippen LogP contribution is -2.47. The number of aryl methyl sites for hydroxylation is 1. The van der Waals surface area contributed by atoms with Gasteiger partial charge in [0.25, 0.3) is 11.5 Å². The molecule has 206 valence electrons. The standard InChI is InChI=1S/C27H26N6O7/c1-32-22-21(25(36)33(2)27(32)38)29-19(13-28-22)23(34)31-20(15-40-14-16-9-5-4-6-10-16)24(35)30-18-12-8-7-11-17(18)26(37)39-3/h4-13,20H,14-15H2,1-3H3,(H,30,35)(H,31,34)/t20-/m0/s1. The second-order valence-corrected chi connectivity index (χ2v) is 8.69. The van der Waals surface area contributed by atoms with Crippen LogP contribution < -0.4 is 21.9 Å². The smallest absolute Gasteiger partial charge is 0.339 e. The lowest BCUT2D eigenvalue weighted by Gasteiger charge is -2.19. The first-order chi connectivity index (χ1) is 19.2. The number of hydrogen-bond donors (Lipinski definition) is 2. The SMILES string of the molecule is COC(=O)c1ccccc1NC(=O)[C@H](COCc1ccccc1)NC(=O)c1cnc2c(n1)c(=O)n(C)c(=O)n2C. The number of aromatic nitrogens is 4. The fourth-order valence-corrected chi connectivity index (χ4v) is 3.83. The molecule has 2 aromatic carbocycles. The van der Waals surface area contributed by atoms with E-state index < -0.39 is 35.1 Å². The van der Waals surface area contributed by atoms with Crippen LogP contribution in [0.3, 0.4) is 0 Å². The summed E-state index contributed by atoms with van der Waals surface area (Å²) in [6, 6.07) is 14.2. The Kier molecular flexibility index (Phi) is 8.45. The Morgan fingerprint density at radius 2 is 1.68 bits per heavy atom. The lowest BCUT2D eigenvalue weighted by atomic mass is 10.1. The summed E-state index contributed by atoms with van der Waals surface area (Å²) in [6.45, 7) is -0.0662. The fraction of sp³-hybridized carbons (Fsp3) is 0.222. The minimum atomic E-state index is -1.23. The van der Waals surface area contributed by atoms with Gasteiger partial charge in [-0.05, 0) is 17.7 Å². The molecule has 0 fully saturated rings.